The van der Waals surface area contributed by atoms with Gasteiger partial charge in [0.15, 0.2) is 0 Å². The first-order valence-corrected chi connectivity index (χ1v) is 7.95. The highest BCUT2D eigenvalue weighted by Gasteiger charge is 2.32. The molecule has 1 saturated carbocycles. The Morgan fingerprint density at radius 1 is 0.944 bits per heavy atom. The molecule has 0 aromatic rings. The van der Waals surface area contributed by atoms with E-state index in [0.717, 1.165) is 31.2 Å². The van der Waals surface area contributed by atoms with Gasteiger partial charge in [-0.2, -0.15) is 0 Å². The summed E-state index contributed by atoms with van der Waals surface area (Å²) >= 11 is 0. The summed E-state index contributed by atoms with van der Waals surface area (Å²) in [5.74, 6) is 0.940. The van der Waals surface area contributed by atoms with Gasteiger partial charge in [0.05, 0.1) is 0 Å². The van der Waals surface area contributed by atoms with E-state index in [9.17, 15) is 0 Å². The Balaban J connectivity index is 1.73. The maximum atomic E-state index is 5.43. The van der Waals surface area contributed by atoms with E-state index in [4.69, 9.17) is 4.74 Å². The summed E-state index contributed by atoms with van der Waals surface area (Å²) in [7, 11) is 0. The van der Waals surface area contributed by atoms with E-state index in [-0.39, 0.29) is 0 Å². The van der Waals surface area contributed by atoms with Crippen molar-refractivity contribution in [1.29, 1.82) is 0 Å². The predicted octanol–water partition coefficient (Wildman–Crippen LogP) is 3.75. The van der Waals surface area contributed by atoms with E-state index < -0.39 is 0 Å². The van der Waals surface area contributed by atoms with Crippen molar-refractivity contribution in [2.45, 2.75) is 77.8 Å². The molecule has 2 rings (SSSR count). The Bertz CT molecular complexity index is 237. The number of rotatable bonds is 4. The second kappa shape index (κ2) is 6.38. The second-order valence-corrected chi connectivity index (χ2v) is 6.94. The standard InChI is InChI=1S/C16H31NO/c1-4-16(2,3)13-5-7-14(8-6-13)17-15-9-11-18-12-10-15/h13-15,17H,4-12H2,1-3H3. The molecule has 0 atom stereocenters. The van der Waals surface area contributed by atoms with E-state index in [1.54, 1.807) is 0 Å². The van der Waals surface area contributed by atoms with Crippen LogP contribution in [-0.2, 0) is 4.74 Å². The van der Waals surface area contributed by atoms with Crippen molar-refractivity contribution in [3.8, 4) is 0 Å². The van der Waals surface area contributed by atoms with Gasteiger partial charge in [0, 0.05) is 25.3 Å². The van der Waals surface area contributed by atoms with Gasteiger partial charge < -0.3 is 10.1 Å². The lowest BCUT2D eigenvalue weighted by molar-refractivity contribution is 0.0686. The number of hydrogen-bond donors (Lipinski definition) is 1. The SMILES string of the molecule is CCC(C)(C)C1CCC(NC2CCOCC2)CC1. The maximum Gasteiger partial charge on any atom is 0.0480 e. The highest BCUT2D eigenvalue weighted by Crippen LogP contribution is 2.40. The molecule has 1 aliphatic carbocycles. The first-order chi connectivity index (χ1) is 8.62. The largest absolute Gasteiger partial charge is 0.381 e. The Kier molecular flexibility index (Phi) is 5.08. The summed E-state index contributed by atoms with van der Waals surface area (Å²) in [5.41, 5.74) is 0.545. The molecule has 106 valence electrons. The molecular weight excluding hydrogens is 222 g/mol. The van der Waals surface area contributed by atoms with Gasteiger partial charge in [0.2, 0.25) is 0 Å². The minimum Gasteiger partial charge on any atom is -0.381 e. The summed E-state index contributed by atoms with van der Waals surface area (Å²) in [6, 6.07) is 1.50. The van der Waals surface area contributed by atoms with Crippen LogP contribution in [0.1, 0.15) is 65.7 Å². The van der Waals surface area contributed by atoms with Gasteiger partial charge in [0.25, 0.3) is 0 Å². The number of nitrogens with one attached hydrogen (secondary N) is 1. The van der Waals surface area contributed by atoms with Crippen molar-refractivity contribution < 1.29 is 4.74 Å². The molecular formula is C16H31NO. The van der Waals surface area contributed by atoms with Crippen molar-refractivity contribution in [3.63, 3.8) is 0 Å². The monoisotopic (exact) mass is 253 g/mol. The van der Waals surface area contributed by atoms with E-state index in [2.05, 4.69) is 26.1 Å². The zero-order valence-electron chi connectivity index (χ0n) is 12.5. The smallest absolute Gasteiger partial charge is 0.0480 e. The fourth-order valence-electron chi connectivity index (χ4n) is 3.53. The maximum absolute atomic E-state index is 5.43. The van der Waals surface area contributed by atoms with E-state index in [1.807, 2.05) is 0 Å². The third-order valence-electron chi connectivity index (χ3n) is 5.44. The van der Waals surface area contributed by atoms with Crippen LogP contribution in [0.4, 0.5) is 0 Å². The first-order valence-electron chi connectivity index (χ1n) is 7.95. The van der Waals surface area contributed by atoms with Crippen LogP contribution in [0, 0.1) is 11.3 Å². The zero-order chi connectivity index (χ0) is 13.0. The summed E-state index contributed by atoms with van der Waals surface area (Å²) in [5, 5.41) is 3.87. The fraction of sp³-hybridized carbons (Fsp3) is 1.00. The molecule has 0 bridgehead atoms. The minimum absolute atomic E-state index is 0.545. The average molecular weight is 253 g/mol. The van der Waals surface area contributed by atoms with Gasteiger partial charge in [0.1, 0.15) is 0 Å². The zero-order valence-corrected chi connectivity index (χ0v) is 12.5. The summed E-state index contributed by atoms with van der Waals surface area (Å²) in [4.78, 5) is 0. The molecule has 0 amide bonds. The van der Waals surface area contributed by atoms with Crippen LogP contribution in [-0.4, -0.2) is 25.3 Å². The molecule has 2 aliphatic rings. The Morgan fingerprint density at radius 2 is 1.50 bits per heavy atom. The molecule has 0 aromatic heterocycles. The molecule has 0 spiro atoms. The van der Waals surface area contributed by atoms with E-state index >= 15 is 0 Å². The molecule has 0 radical (unpaired) electrons. The van der Waals surface area contributed by atoms with Crippen LogP contribution in [0.25, 0.3) is 0 Å². The van der Waals surface area contributed by atoms with Crippen molar-refractivity contribution in [2.24, 2.45) is 11.3 Å². The van der Waals surface area contributed by atoms with Gasteiger partial charge >= 0.3 is 0 Å². The van der Waals surface area contributed by atoms with Gasteiger partial charge in [-0.25, -0.2) is 0 Å². The fourth-order valence-corrected chi connectivity index (χ4v) is 3.53. The van der Waals surface area contributed by atoms with Crippen molar-refractivity contribution in [3.05, 3.63) is 0 Å². The lowest BCUT2D eigenvalue weighted by atomic mass is 9.69. The van der Waals surface area contributed by atoms with Crippen LogP contribution >= 0.6 is 0 Å². The number of hydrogen-bond acceptors (Lipinski definition) is 2. The third kappa shape index (κ3) is 3.71. The molecule has 18 heavy (non-hydrogen) atoms. The lowest BCUT2D eigenvalue weighted by Gasteiger charge is -2.40. The highest BCUT2D eigenvalue weighted by molar-refractivity contribution is 4.86. The van der Waals surface area contributed by atoms with Crippen molar-refractivity contribution in [2.75, 3.05) is 13.2 Å². The molecule has 2 nitrogen and oxygen atoms in total. The Morgan fingerprint density at radius 3 is 2.06 bits per heavy atom. The highest BCUT2D eigenvalue weighted by atomic mass is 16.5. The topological polar surface area (TPSA) is 21.3 Å². The average Bonchev–Trinajstić information content (AvgIpc) is 2.40. The molecule has 0 aromatic carbocycles. The number of ether oxygens (including phenoxy) is 1. The molecule has 1 N–H and O–H groups in total. The van der Waals surface area contributed by atoms with Gasteiger partial charge in [-0.05, 0) is 49.9 Å². The minimum atomic E-state index is 0.545. The molecule has 2 heteroatoms. The molecule has 1 saturated heterocycles. The third-order valence-corrected chi connectivity index (χ3v) is 5.44. The van der Waals surface area contributed by atoms with Crippen LogP contribution in [0.3, 0.4) is 0 Å². The quantitative estimate of drug-likeness (QED) is 0.824. The van der Waals surface area contributed by atoms with Crippen LogP contribution in [0.15, 0.2) is 0 Å². The van der Waals surface area contributed by atoms with Gasteiger partial charge in [-0.1, -0.05) is 27.2 Å². The van der Waals surface area contributed by atoms with Crippen LogP contribution in [0.2, 0.25) is 0 Å². The molecule has 2 fully saturated rings. The van der Waals surface area contributed by atoms with Crippen molar-refractivity contribution >= 4 is 0 Å². The summed E-state index contributed by atoms with van der Waals surface area (Å²) in [6.45, 7) is 9.14. The van der Waals surface area contributed by atoms with Crippen LogP contribution < -0.4 is 5.32 Å². The second-order valence-electron chi connectivity index (χ2n) is 6.94. The van der Waals surface area contributed by atoms with Gasteiger partial charge in [-0.15, -0.1) is 0 Å². The van der Waals surface area contributed by atoms with E-state index in [0.29, 0.717) is 5.41 Å². The molecule has 1 aliphatic heterocycles. The Hall–Kier alpha value is -0.0800. The lowest BCUT2D eigenvalue weighted by Crippen LogP contribution is -2.44. The van der Waals surface area contributed by atoms with Gasteiger partial charge in [-0.3, -0.25) is 0 Å². The molecule has 0 unspecified atom stereocenters. The van der Waals surface area contributed by atoms with E-state index in [1.165, 1.54) is 44.9 Å². The summed E-state index contributed by atoms with van der Waals surface area (Å²) in [6.07, 6.45) is 9.33. The normalized spacial score (nSPS) is 31.5. The van der Waals surface area contributed by atoms with Crippen LogP contribution in [0.5, 0.6) is 0 Å². The first kappa shape index (κ1) is 14.3. The Labute approximate surface area is 113 Å². The summed E-state index contributed by atoms with van der Waals surface area (Å²) < 4.78 is 5.43. The van der Waals surface area contributed by atoms with Crippen molar-refractivity contribution in [1.82, 2.24) is 5.32 Å². The molecule has 1 heterocycles. The predicted molar refractivity (Wildman–Crippen MR) is 76.8 cm³/mol.